The van der Waals surface area contributed by atoms with Crippen LogP contribution in [0.25, 0.3) is 0 Å². The van der Waals surface area contributed by atoms with Gasteiger partial charge in [0.25, 0.3) is 5.91 Å². The van der Waals surface area contributed by atoms with Gasteiger partial charge in [0, 0.05) is 12.2 Å². The zero-order valence-electron chi connectivity index (χ0n) is 11.0. The summed E-state index contributed by atoms with van der Waals surface area (Å²) < 4.78 is 13.2. The molecule has 0 aliphatic carbocycles. The van der Waals surface area contributed by atoms with Crippen molar-refractivity contribution in [3.8, 4) is 0 Å². The number of rotatable bonds is 5. The fraction of sp³-hybridized carbons (Fsp3) is 0.385. The summed E-state index contributed by atoms with van der Waals surface area (Å²) in [5, 5.41) is 0. The molecular formula is C13H18FN3O2. The van der Waals surface area contributed by atoms with E-state index in [0.717, 1.165) is 6.07 Å². The Morgan fingerprint density at radius 3 is 2.53 bits per heavy atom. The van der Waals surface area contributed by atoms with Gasteiger partial charge in [-0.15, -0.1) is 0 Å². The SMILES string of the molecule is CC(C)CN(CC(N)=O)C(=O)c1cc(F)ccc1N. The number of carbonyl (C=O) groups is 2. The zero-order chi connectivity index (χ0) is 14.6. The predicted molar refractivity (Wildman–Crippen MR) is 70.7 cm³/mol. The highest BCUT2D eigenvalue weighted by Crippen LogP contribution is 2.16. The van der Waals surface area contributed by atoms with Crippen LogP contribution in [0.1, 0.15) is 24.2 Å². The first-order valence-electron chi connectivity index (χ1n) is 5.94. The van der Waals surface area contributed by atoms with Crippen molar-refractivity contribution in [3.63, 3.8) is 0 Å². The molecule has 0 radical (unpaired) electrons. The topological polar surface area (TPSA) is 89.4 Å². The van der Waals surface area contributed by atoms with Crippen LogP contribution in [0.2, 0.25) is 0 Å². The molecular weight excluding hydrogens is 249 g/mol. The summed E-state index contributed by atoms with van der Waals surface area (Å²) in [6, 6.07) is 3.55. The van der Waals surface area contributed by atoms with Crippen molar-refractivity contribution in [2.24, 2.45) is 11.7 Å². The smallest absolute Gasteiger partial charge is 0.256 e. The number of hydrogen-bond donors (Lipinski definition) is 2. The van der Waals surface area contributed by atoms with E-state index in [0.29, 0.717) is 6.54 Å². The number of primary amides is 1. The van der Waals surface area contributed by atoms with Crippen molar-refractivity contribution in [2.45, 2.75) is 13.8 Å². The molecule has 2 amide bonds. The molecule has 0 saturated heterocycles. The van der Waals surface area contributed by atoms with E-state index in [1.165, 1.54) is 17.0 Å². The number of anilines is 1. The number of hydrogen-bond acceptors (Lipinski definition) is 3. The van der Waals surface area contributed by atoms with Crippen LogP contribution < -0.4 is 11.5 Å². The summed E-state index contributed by atoms with van der Waals surface area (Å²) >= 11 is 0. The maximum absolute atomic E-state index is 13.2. The first-order chi connectivity index (χ1) is 8.81. The van der Waals surface area contributed by atoms with Crippen molar-refractivity contribution in [1.29, 1.82) is 0 Å². The average Bonchev–Trinajstić information content (AvgIpc) is 2.29. The summed E-state index contributed by atoms with van der Waals surface area (Å²) in [5.74, 6) is -1.52. The minimum Gasteiger partial charge on any atom is -0.398 e. The Bertz CT molecular complexity index is 489. The van der Waals surface area contributed by atoms with Gasteiger partial charge in [-0.2, -0.15) is 0 Å². The van der Waals surface area contributed by atoms with Crippen LogP contribution in [0.3, 0.4) is 0 Å². The second-order valence-corrected chi connectivity index (χ2v) is 4.78. The van der Waals surface area contributed by atoms with Crippen molar-refractivity contribution in [1.82, 2.24) is 4.90 Å². The number of carbonyl (C=O) groups excluding carboxylic acids is 2. The van der Waals surface area contributed by atoms with Gasteiger partial charge in [0.2, 0.25) is 5.91 Å². The number of nitrogens with zero attached hydrogens (tertiary/aromatic N) is 1. The van der Waals surface area contributed by atoms with E-state index in [-0.39, 0.29) is 23.7 Å². The van der Waals surface area contributed by atoms with E-state index < -0.39 is 17.6 Å². The largest absolute Gasteiger partial charge is 0.398 e. The van der Waals surface area contributed by atoms with Crippen LogP contribution in [0.5, 0.6) is 0 Å². The summed E-state index contributed by atoms with van der Waals surface area (Å²) in [6.07, 6.45) is 0. The van der Waals surface area contributed by atoms with E-state index in [1.807, 2.05) is 13.8 Å². The van der Waals surface area contributed by atoms with Gasteiger partial charge in [0.1, 0.15) is 5.82 Å². The van der Waals surface area contributed by atoms with Gasteiger partial charge in [0.05, 0.1) is 12.1 Å². The summed E-state index contributed by atoms with van der Waals surface area (Å²) in [6.45, 7) is 3.93. The van der Waals surface area contributed by atoms with E-state index in [1.54, 1.807) is 0 Å². The molecule has 0 aromatic heterocycles. The Balaban J connectivity index is 3.03. The molecule has 1 aromatic rings. The third kappa shape index (κ3) is 4.24. The molecule has 0 aliphatic heterocycles. The van der Waals surface area contributed by atoms with Crippen LogP contribution in [0.4, 0.5) is 10.1 Å². The van der Waals surface area contributed by atoms with Crippen LogP contribution in [-0.4, -0.2) is 29.8 Å². The molecule has 0 atom stereocenters. The van der Waals surface area contributed by atoms with E-state index in [4.69, 9.17) is 11.5 Å². The van der Waals surface area contributed by atoms with Crippen molar-refractivity contribution < 1.29 is 14.0 Å². The fourth-order valence-electron chi connectivity index (χ4n) is 1.73. The summed E-state index contributed by atoms with van der Waals surface area (Å²) in [4.78, 5) is 24.5. The molecule has 104 valence electrons. The molecule has 0 heterocycles. The standard InChI is InChI=1S/C13H18FN3O2/c1-8(2)6-17(7-12(16)18)13(19)10-5-9(14)3-4-11(10)15/h3-5,8H,6-7,15H2,1-2H3,(H2,16,18). The van der Waals surface area contributed by atoms with E-state index in [2.05, 4.69) is 0 Å². The average molecular weight is 267 g/mol. The van der Waals surface area contributed by atoms with Gasteiger partial charge in [-0.25, -0.2) is 4.39 Å². The molecule has 4 N–H and O–H groups in total. The second-order valence-electron chi connectivity index (χ2n) is 4.78. The third-order valence-electron chi connectivity index (χ3n) is 2.47. The van der Waals surface area contributed by atoms with Gasteiger partial charge >= 0.3 is 0 Å². The van der Waals surface area contributed by atoms with Gasteiger partial charge in [-0.3, -0.25) is 9.59 Å². The monoisotopic (exact) mass is 267 g/mol. The lowest BCUT2D eigenvalue weighted by Gasteiger charge is -2.23. The quantitative estimate of drug-likeness (QED) is 0.780. The minimum absolute atomic E-state index is 0.0434. The Morgan fingerprint density at radius 1 is 1.37 bits per heavy atom. The maximum atomic E-state index is 13.2. The van der Waals surface area contributed by atoms with Gasteiger partial charge in [-0.05, 0) is 24.1 Å². The molecule has 0 bridgehead atoms. The van der Waals surface area contributed by atoms with Crippen LogP contribution in [0.15, 0.2) is 18.2 Å². The molecule has 0 saturated carbocycles. The lowest BCUT2D eigenvalue weighted by atomic mass is 10.1. The van der Waals surface area contributed by atoms with Crippen molar-refractivity contribution in [2.75, 3.05) is 18.8 Å². The Morgan fingerprint density at radius 2 is 2.00 bits per heavy atom. The molecule has 6 heteroatoms. The first kappa shape index (κ1) is 14.9. The lowest BCUT2D eigenvalue weighted by molar-refractivity contribution is -0.118. The van der Waals surface area contributed by atoms with Gasteiger partial charge < -0.3 is 16.4 Å². The lowest BCUT2D eigenvalue weighted by Crippen LogP contribution is -2.40. The number of nitrogen functional groups attached to an aromatic ring is 1. The van der Waals surface area contributed by atoms with Gasteiger partial charge in [-0.1, -0.05) is 13.8 Å². The highest BCUT2D eigenvalue weighted by Gasteiger charge is 2.21. The maximum Gasteiger partial charge on any atom is 0.256 e. The highest BCUT2D eigenvalue weighted by molar-refractivity contribution is 6.00. The molecule has 5 nitrogen and oxygen atoms in total. The molecule has 0 spiro atoms. The molecule has 0 unspecified atom stereocenters. The van der Waals surface area contributed by atoms with Crippen LogP contribution >= 0.6 is 0 Å². The van der Waals surface area contributed by atoms with E-state index in [9.17, 15) is 14.0 Å². The molecule has 0 fully saturated rings. The number of halogens is 1. The summed E-state index contributed by atoms with van der Waals surface area (Å²) in [7, 11) is 0. The van der Waals surface area contributed by atoms with Crippen LogP contribution in [-0.2, 0) is 4.79 Å². The Hall–Kier alpha value is -2.11. The molecule has 1 rings (SSSR count). The zero-order valence-corrected chi connectivity index (χ0v) is 11.0. The van der Waals surface area contributed by atoms with Crippen LogP contribution in [0, 0.1) is 11.7 Å². The fourth-order valence-corrected chi connectivity index (χ4v) is 1.73. The molecule has 0 aliphatic rings. The number of amides is 2. The second kappa shape index (κ2) is 6.17. The molecule has 19 heavy (non-hydrogen) atoms. The Kier molecular flexibility index (Phi) is 4.86. The number of benzene rings is 1. The van der Waals surface area contributed by atoms with Crippen molar-refractivity contribution >= 4 is 17.5 Å². The predicted octanol–water partition coefficient (Wildman–Crippen LogP) is 0.991. The van der Waals surface area contributed by atoms with Crippen molar-refractivity contribution in [3.05, 3.63) is 29.6 Å². The minimum atomic E-state index is -0.621. The van der Waals surface area contributed by atoms with Gasteiger partial charge in [0.15, 0.2) is 0 Å². The Labute approximate surface area is 111 Å². The first-order valence-corrected chi connectivity index (χ1v) is 5.94. The molecule has 1 aromatic carbocycles. The highest BCUT2D eigenvalue weighted by atomic mass is 19.1. The normalized spacial score (nSPS) is 10.5. The van der Waals surface area contributed by atoms with E-state index >= 15 is 0 Å². The third-order valence-corrected chi connectivity index (χ3v) is 2.47. The summed E-state index contributed by atoms with van der Waals surface area (Å²) in [5.41, 5.74) is 11.0. The number of nitrogens with two attached hydrogens (primary N) is 2.